The molecule has 6 heteroatoms. The van der Waals surface area contributed by atoms with Crippen molar-refractivity contribution in [3.05, 3.63) is 34.9 Å². The molecule has 1 aromatic carbocycles. The van der Waals surface area contributed by atoms with Gasteiger partial charge in [-0.25, -0.2) is 0 Å². The Morgan fingerprint density at radius 3 is 2.64 bits per heavy atom. The number of halogens is 1. The molecule has 25 heavy (non-hydrogen) atoms. The van der Waals surface area contributed by atoms with E-state index in [0.717, 1.165) is 62.3 Å². The summed E-state index contributed by atoms with van der Waals surface area (Å²) in [4.78, 5) is 28.3. The molecule has 0 aromatic heterocycles. The van der Waals surface area contributed by atoms with E-state index in [2.05, 4.69) is 10.2 Å². The fraction of sp³-hybridized carbons (Fsp3) is 0.579. The molecule has 0 bridgehead atoms. The lowest BCUT2D eigenvalue weighted by molar-refractivity contribution is -0.132. The summed E-state index contributed by atoms with van der Waals surface area (Å²) < 4.78 is 0. The first kappa shape index (κ1) is 18.2. The highest BCUT2D eigenvalue weighted by atomic mass is 35.5. The van der Waals surface area contributed by atoms with Crippen LogP contribution in [-0.4, -0.2) is 60.4 Å². The summed E-state index contributed by atoms with van der Waals surface area (Å²) in [5, 5.41) is 3.57. The lowest BCUT2D eigenvalue weighted by atomic mass is 10.0. The highest BCUT2D eigenvalue weighted by Crippen LogP contribution is 2.24. The Labute approximate surface area is 154 Å². The molecule has 2 amide bonds. The van der Waals surface area contributed by atoms with E-state index in [9.17, 15) is 9.59 Å². The first-order valence-corrected chi connectivity index (χ1v) is 9.53. The molecule has 1 aromatic rings. The Morgan fingerprint density at radius 1 is 1.12 bits per heavy atom. The molecule has 2 aliphatic rings. The molecule has 0 radical (unpaired) electrons. The second-order valence-corrected chi connectivity index (χ2v) is 7.33. The number of hydrogen-bond acceptors (Lipinski definition) is 3. The van der Waals surface area contributed by atoms with Crippen LogP contribution in [0, 0.1) is 0 Å². The standard InChI is InChI=1S/C19H26ClN3O2/c20-17-8-2-1-6-15(17)12-16-7-5-11-23(16)14-18(24)21-13-19(25)22-9-3-4-10-22/h1-2,6,8,16H,3-5,7,9-14H2,(H,21,24). The SMILES string of the molecule is O=C(CN1CCCC1Cc1ccccc1Cl)NCC(=O)N1CCCC1. The molecule has 1 N–H and O–H groups in total. The normalized spacial score (nSPS) is 20.8. The van der Waals surface area contributed by atoms with Gasteiger partial charge in [0.1, 0.15) is 0 Å². The number of nitrogens with zero attached hydrogens (tertiary/aromatic N) is 2. The minimum atomic E-state index is -0.0707. The third-order valence-electron chi connectivity index (χ3n) is 5.15. The number of carbonyl (C=O) groups is 2. The molecule has 2 heterocycles. The smallest absolute Gasteiger partial charge is 0.241 e. The monoisotopic (exact) mass is 363 g/mol. The summed E-state index contributed by atoms with van der Waals surface area (Å²) >= 11 is 6.26. The van der Waals surface area contributed by atoms with Gasteiger partial charge in [-0.1, -0.05) is 29.8 Å². The van der Waals surface area contributed by atoms with Crippen molar-refractivity contribution in [1.82, 2.24) is 15.1 Å². The lowest BCUT2D eigenvalue weighted by Gasteiger charge is -2.24. The largest absolute Gasteiger partial charge is 0.346 e. The van der Waals surface area contributed by atoms with Crippen molar-refractivity contribution in [2.24, 2.45) is 0 Å². The van der Waals surface area contributed by atoms with Crippen molar-refractivity contribution in [3.8, 4) is 0 Å². The van der Waals surface area contributed by atoms with Crippen molar-refractivity contribution < 1.29 is 9.59 Å². The fourth-order valence-corrected chi connectivity index (χ4v) is 3.96. The summed E-state index contributed by atoms with van der Waals surface area (Å²) in [6, 6.07) is 8.22. The molecule has 3 rings (SSSR count). The highest BCUT2D eigenvalue weighted by molar-refractivity contribution is 6.31. The number of benzene rings is 1. The molecule has 0 saturated carbocycles. The molecule has 2 fully saturated rings. The molecule has 1 unspecified atom stereocenters. The van der Waals surface area contributed by atoms with Gasteiger partial charge in [0.25, 0.3) is 0 Å². The van der Waals surface area contributed by atoms with Crippen LogP contribution in [0.25, 0.3) is 0 Å². The van der Waals surface area contributed by atoms with E-state index >= 15 is 0 Å². The zero-order chi connectivity index (χ0) is 17.6. The van der Waals surface area contributed by atoms with E-state index in [1.807, 2.05) is 29.2 Å². The van der Waals surface area contributed by atoms with Crippen LogP contribution < -0.4 is 5.32 Å². The van der Waals surface area contributed by atoms with Gasteiger partial charge in [0.2, 0.25) is 11.8 Å². The minimum absolute atomic E-state index is 0.0277. The predicted molar refractivity (Wildman–Crippen MR) is 98.6 cm³/mol. The van der Waals surface area contributed by atoms with Crippen LogP contribution in [-0.2, 0) is 16.0 Å². The third-order valence-corrected chi connectivity index (χ3v) is 5.52. The second kappa shape index (κ2) is 8.68. The van der Waals surface area contributed by atoms with Gasteiger partial charge in [-0.2, -0.15) is 0 Å². The number of nitrogens with one attached hydrogen (secondary N) is 1. The van der Waals surface area contributed by atoms with E-state index in [4.69, 9.17) is 11.6 Å². The quantitative estimate of drug-likeness (QED) is 0.842. The van der Waals surface area contributed by atoms with Gasteiger partial charge in [0, 0.05) is 24.2 Å². The highest BCUT2D eigenvalue weighted by Gasteiger charge is 2.27. The molecule has 2 saturated heterocycles. The number of rotatable bonds is 6. The first-order chi connectivity index (χ1) is 12.1. The minimum Gasteiger partial charge on any atom is -0.346 e. The molecular weight excluding hydrogens is 338 g/mol. The van der Waals surface area contributed by atoms with E-state index in [1.165, 1.54) is 0 Å². The molecule has 5 nitrogen and oxygen atoms in total. The maximum Gasteiger partial charge on any atom is 0.241 e. The summed E-state index contributed by atoms with van der Waals surface area (Å²) in [7, 11) is 0. The molecule has 0 spiro atoms. The Morgan fingerprint density at radius 2 is 1.88 bits per heavy atom. The maximum atomic E-state index is 12.2. The Hall–Kier alpha value is -1.59. The van der Waals surface area contributed by atoms with Crippen LogP contribution in [0.4, 0.5) is 0 Å². The molecule has 0 aliphatic carbocycles. The van der Waals surface area contributed by atoms with Crippen LogP contribution in [0.2, 0.25) is 5.02 Å². The van der Waals surface area contributed by atoms with Crippen LogP contribution in [0.15, 0.2) is 24.3 Å². The van der Waals surface area contributed by atoms with Gasteiger partial charge in [-0.05, 0) is 50.3 Å². The van der Waals surface area contributed by atoms with Gasteiger partial charge < -0.3 is 10.2 Å². The van der Waals surface area contributed by atoms with E-state index in [1.54, 1.807) is 0 Å². The van der Waals surface area contributed by atoms with E-state index in [-0.39, 0.29) is 18.4 Å². The number of amides is 2. The summed E-state index contributed by atoms with van der Waals surface area (Å²) in [6.07, 6.45) is 5.16. The Kier molecular flexibility index (Phi) is 6.32. The van der Waals surface area contributed by atoms with Crippen molar-refractivity contribution in [3.63, 3.8) is 0 Å². The lowest BCUT2D eigenvalue weighted by Crippen LogP contribution is -2.44. The second-order valence-electron chi connectivity index (χ2n) is 6.93. The van der Waals surface area contributed by atoms with E-state index < -0.39 is 0 Å². The van der Waals surface area contributed by atoms with Crippen molar-refractivity contribution >= 4 is 23.4 Å². The predicted octanol–water partition coefficient (Wildman–Crippen LogP) is 2.09. The average Bonchev–Trinajstić information content (AvgIpc) is 3.27. The zero-order valence-electron chi connectivity index (χ0n) is 14.5. The third kappa shape index (κ3) is 4.95. The van der Waals surface area contributed by atoms with Gasteiger partial charge in [-0.15, -0.1) is 0 Å². The average molecular weight is 364 g/mol. The summed E-state index contributed by atoms with van der Waals surface area (Å²) in [6.45, 7) is 3.02. The van der Waals surface area contributed by atoms with Gasteiger partial charge >= 0.3 is 0 Å². The van der Waals surface area contributed by atoms with Crippen LogP contribution >= 0.6 is 11.6 Å². The van der Waals surface area contributed by atoms with Gasteiger partial charge in [0.15, 0.2) is 0 Å². The molecule has 1 atom stereocenters. The van der Waals surface area contributed by atoms with Gasteiger partial charge in [-0.3, -0.25) is 14.5 Å². The van der Waals surface area contributed by atoms with Crippen LogP contribution in [0.5, 0.6) is 0 Å². The number of hydrogen-bond donors (Lipinski definition) is 1. The van der Waals surface area contributed by atoms with E-state index in [0.29, 0.717) is 12.6 Å². The number of carbonyl (C=O) groups excluding carboxylic acids is 2. The van der Waals surface area contributed by atoms with Crippen LogP contribution in [0.3, 0.4) is 0 Å². The van der Waals surface area contributed by atoms with Gasteiger partial charge in [0.05, 0.1) is 13.1 Å². The summed E-state index contributed by atoms with van der Waals surface area (Å²) in [5.74, 6) is -0.0431. The number of likely N-dealkylation sites (tertiary alicyclic amines) is 2. The zero-order valence-corrected chi connectivity index (χ0v) is 15.3. The topological polar surface area (TPSA) is 52.7 Å². The van der Waals surface area contributed by atoms with Crippen molar-refractivity contribution in [2.75, 3.05) is 32.7 Å². The van der Waals surface area contributed by atoms with Crippen LogP contribution in [0.1, 0.15) is 31.2 Å². The summed E-state index contributed by atoms with van der Waals surface area (Å²) in [5.41, 5.74) is 1.13. The Balaban J connectivity index is 1.46. The molecular formula is C19H26ClN3O2. The Bertz CT molecular complexity index is 616. The molecule has 2 aliphatic heterocycles. The fourth-order valence-electron chi connectivity index (χ4n) is 3.75. The van der Waals surface area contributed by atoms with Crippen molar-refractivity contribution in [2.45, 2.75) is 38.1 Å². The molecule has 136 valence electrons. The maximum absolute atomic E-state index is 12.2. The van der Waals surface area contributed by atoms with Crippen molar-refractivity contribution in [1.29, 1.82) is 0 Å². The first-order valence-electron chi connectivity index (χ1n) is 9.15.